The fraction of sp³-hybridized carbons (Fsp3) is 0.0769. The van der Waals surface area contributed by atoms with Gasteiger partial charge in [-0.25, -0.2) is 0 Å². The Bertz CT molecular complexity index is 698. The maximum atomic E-state index is 9.72. The highest BCUT2D eigenvalue weighted by atomic mass is 16.3. The zero-order valence-corrected chi connectivity index (χ0v) is 8.78. The van der Waals surface area contributed by atoms with Crippen LogP contribution in [0, 0.1) is 6.92 Å². The summed E-state index contributed by atoms with van der Waals surface area (Å²) in [4.78, 5) is 3.10. The molecule has 1 heterocycles. The Balaban J connectivity index is 2.56. The van der Waals surface area contributed by atoms with E-state index in [1.165, 1.54) is 0 Å². The maximum Gasteiger partial charge on any atom is 0.139 e. The molecule has 1 aromatic heterocycles. The Hall–Kier alpha value is -2.16. The minimum atomic E-state index is 0.228. The predicted octanol–water partition coefficient (Wildman–Crippen LogP) is 3.04. The fourth-order valence-electron chi connectivity index (χ4n) is 2.05. The molecule has 0 fully saturated rings. The van der Waals surface area contributed by atoms with Gasteiger partial charge >= 0.3 is 0 Å². The number of phenols is 2. The van der Waals surface area contributed by atoms with Gasteiger partial charge in [0.1, 0.15) is 11.5 Å². The third kappa shape index (κ3) is 1.08. The molecule has 0 saturated heterocycles. The quantitative estimate of drug-likeness (QED) is 0.537. The predicted molar refractivity (Wildman–Crippen MR) is 63.9 cm³/mol. The van der Waals surface area contributed by atoms with Gasteiger partial charge in [0.05, 0.1) is 11.0 Å². The average Bonchev–Trinajstić information content (AvgIpc) is 2.59. The molecule has 0 amide bonds. The summed E-state index contributed by atoms with van der Waals surface area (Å²) in [7, 11) is 0. The molecule has 0 saturated carbocycles. The van der Waals surface area contributed by atoms with E-state index in [0.717, 1.165) is 21.9 Å². The molecule has 0 aliphatic carbocycles. The lowest BCUT2D eigenvalue weighted by atomic mass is 10.1. The van der Waals surface area contributed by atoms with Crippen LogP contribution in [0.25, 0.3) is 21.8 Å². The van der Waals surface area contributed by atoms with E-state index >= 15 is 0 Å². The Morgan fingerprint density at radius 2 is 1.81 bits per heavy atom. The summed E-state index contributed by atoms with van der Waals surface area (Å²) in [5.74, 6) is 0.490. The third-order valence-electron chi connectivity index (χ3n) is 2.93. The van der Waals surface area contributed by atoms with Gasteiger partial charge in [0.15, 0.2) is 0 Å². The molecule has 80 valence electrons. The number of hydrogen-bond donors (Lipinski definition) is 3. The molecule has 16 heavy (non-hydrogen) atoms. The summed E-state index contributed by atoms with van der Waals surface area (Å²) >= 11 is 0. The number of nitrogens with one attached hydrogen (secondary N) is 1. The van der Waals surface area contributed by atoms with Crippen molar-refractivity contribution < 1.29 is 10.2 Å². The Morgan fingerprint density at radius 1 is 1.00 bits per heavy atom. The van der Waals surface area contributed by atoms with Crippen LogP contribution in [0.2, 0.25) is 0 Å². The van der Waals surface area contributed by atoms with Gasteiger partial charge in [-0.1, -0.05) is 12.1 Å². The van der Waals surface area contributed by atoms with Crippen LogP contribution in [0.15, 0.2) is 30.3 Å². The minimum absolute atomic E-state index is 0.228. The number of aryl methyl sites for hydroxylation is 1. The summed E-state index contributed by atoms with van der Waals surface area (Å²) in [6.45, 7) is 1.86. The first-order valence-corrected chi connectivity index (χ1v) is 5.10. The molecular weight excluding hydrogens is 202 g/mol. The smallest absolute Gasteiger partial charge is 0.139 e. The van der Waals surface area contributed by atoms with Crippen LogP contribution in [-0.4, -0.2) is 15.2 Å². The van der Waals surface area contributed by atoms with Crippen LogP contribution in [0.5, 0.6) is 11.5 Å². The van der Waals surface area contributed by atoms with Gasteiger partial charge in [0, 0.05) is 16.8 Å². The largest absolute Gasteiger partial charge is 0.508 e. The summed E-state index contributed by atoms with van der Waals surface area (Å²) in [6.07, 6.45) is 0. The second kappa shape index (κ2) is 2.92. The summed E-state index contributed by atoms with van der Waals surface area (Å²) in [5.41, 5.74) is 2.37. The normalized spacial score (nSPS) is 11.3. The zero-order valence-electron chi connectivity index (χ0n) is 8.78. The van der Waals surface area contributed by atoms with E-state index in [-0.39, 0.29) is 11.5 Å². The number of hydrogen-bond acceptors (Lipinski definition) is 2. The van der Waals surface area contributed by atoms with E-state index in [1.807, 2.05) is 25.1 Å². The van der Waals surface area contributed by atoms with Crippen LogP contribution in [0.3, 0.4) is 0 Å². The van der Waals surface area contributed by atoms with E-state index < -0.39 is 0 Å². The summed E-state index contributed by atoms with van der Waals surface area (Å²) in [5, 5.41) is 21.3. The molecule has 0 bridgehead atoms. The first kappa shape index (κ1) is 9.09. The highest BCUT2D eigenvalue weighted by molar-refractivity contribution is 6.09. The Morgan fingerprint density at radius 3 is 2.62 bits per heavy atom. The third-order valence-corrected chi connectivity index (χ3v) is 2.93. The Labute approximate surface area is 92.0 Å². The first-order chi connectivity index (χ1) is 7.66. The highest BCUT2D eigenvalue weighted by Gasteiger charge is 2.09. The average molecular weight is 213 g/mol. The lowest BCUT2D eigenvalue weighted by Gasteiger charge is -1.98. The minimum Gasteiger partial charge on any atom is -0.508 e. The SMILES string of the molecule is Cc1cc2c(cc1O)[nH]c1c(O)cccc12. The molecule has 3 rings (SSSR count). The molecule has 3 N–H and O–H groups in total. The number of H-pyrrole nitrogens is 1. The number of phenolic OH excluding ortho intramolecular Hbond substituents is 2. The van der Waals surface area contributed by atoms with Crippen LogP contribution < -0.4 is 0 Å². The van der Waals surface area contributed by atoms with Gasteiger partial charge in [-0.05, 0) is 24.6 Å². The van der Waals surface area contributed by atoms with Gasteiger partial charge in [-0.15, -0.1) is 0 Å². The number of fused-ring (bicyclic) bond motifs is 3. The Kier molecular flexibility index (Phi) is 1.66. The van der Waals surface area contributed by atoms with Crippen molar-refractivity contribution in [2.75, 3.05) is 0 Å². The van der Waals surface area contributed by atoms with E-state index in [9.17, 15) is 10.2 Å². The highest BCUT2D eigenvalue weighted by Crippen LogP contribution is 2.33. The maximum absolute atomic E-state index is 9.72. The van der Waals surface area contributed by atoms with Gasteiger partial charge in [-0.2, -0.15) is 0 Å². The van der Waals surface area contributed by atoms with Gasteiger partial charge in [0.25, 0.3) is 0 Å². The number of para-hydroxylation sites is 1. The molecule has 3 aromatic rings. The van der Waals surface area contributed by atoms with Crippen LogP contribution >= 0.6 is 0 Å². The van der Waals surface area contributed by atoms with E-state index in [0.29, 0.717) is 5.52 Å². The number of benzene rings is 2. The number of aromatic amines is 1. The van der Waals surface area contributed by atoms with Gasteiger partial charge in [0.2, 0.25) is 0 Å². The molecule has 0 atom stereocenters. The van der Waals surface area contributed by atoms with Crippen LogP contribution in [-0.2, 0) is 0 Å². The van der Waals surface area contributed by atoms with Crippen LogP contribution in [0.4, 0.5) is 0 Å². The second-order valence-electron chi connectivity index (χ2n) is 4.01. The van der Waals surface area contributed by atoms with E-state index in [1.54, 1.807) is 12.1 Å². The molecule has 0 aliphatic heterocycles. The topological polar surface area (TPSA) is 56.2 Å². The number of aromatic nitrogens is 1. The van der Waals surface area contributed by atoms with Crippen molar-refractivity contribution in [2.45, 2.75) is 6.92 Å². The van der Waals surface area contributed by atoms with E-state index in [4.69, 9.17) is 0 Å². The first-order valence-electron chi connectivity index (χ1n) is 5.10. The molecule has 2 aromatic carbocycles. The van der Waals surface area contributed by atoms with Crippen molar-refractivity contribution in [3.63, 3.8) is 0 Å². The molecule has 3 nitrogen and oxygen atoms in total. The molecule has 3 heteroatoms. The van der Waals surface area contributed by atoms with Crippen molar-refractivity contribution in [3.05, 3.63) is 35.9 Å². The van der Waals surface area contributed by atoms with Crippen molar-refractivity contribution >= 4 is 21.8 Å². The number of aromatic hydroxyl groups is 2. The summed E-state index contributed by atoms with van der Waals surface area (Å²) < 4.78 is 0. The standard InChI is InChI=1S/C13H11NO2/c1-7-5-9-8-3-2-4-11(15)13(8)14-10(9)6-12(7)16/h2-6,14-16H,1H3. The van der Waals surface area contributed by atoms with Crippen molar-refractivity contribution in [3.8, 4) is 11.5 Å². The van der Waals surface area contributed by atoms with Crippen LogP contribution in [0.1, 0.15) is 5.56 Å². The fourth-order valence-corrected chi connectivity index (χ4v) is 2.05. The second-order valence-corrected chi connectivity index (χ2v) is 4.01. The molecular formula is C13H11NO2. The molecule has 0 unspecified atom stereocenters. The molecule has 0 radical (unpaired) electrons. The lowest BCUT2D eigenvalue weighted by Crippen LogP contribution is -1.74. The lowest BCUT2D eigenvalue weighted by molar-refractivity contribution is 0.472. The van der Waals surface area contributed by atoms with E-state index in [2.05, 4.69) is 4.98 Å². The molecule has 0 aliphatic rings. The summed E-state index contributed by atoms with van der Waals surface area (Å²) in [6, 6.07) is 9.01. The zero-order chi connectivity index (χ0) is 11.3. The van der Waals surface area contributed by atoms with Gasteiger partial charge < -0.3 is 15.2 Å². The molecule has 0 spiro atoms. The monoisotopic (exact) mass is 213 g/mol. The van der Waals surface area contributed by atoms with Gasteiger partial charge in [-0.3, -0.25) is 0 Å². The van der Waals surface area contributed by atoms with Crippen molar-refractivity contribution in [1.29, 1.82) is 0 Å². The number of rotatable bonds is 0. The van der Waals surface area contributed by atoms with Crippen molar-refractivity contribution in [1.82, 2.24) is 4.98 Å². The van der Waals surface area contributed by atoms with Crippen molar-refractivity contribution in [2.24, 2.45) is 0 Å².